The number of nitrogens with one attached hydrogen (secondary N) is 1. The number of halogens is 1. The zero-order chi connectivity index (χ0) is 21.3. The fraction of sp³-hybridized carbons (Fsp3) is 0.0870. The number of sulfonamides is 1. The molecule has 1 N–H and O–H groups in total. The van der Waals surface area contributed by atoms with Crippen molar-refractivity contribution >= 4 is 44.5 Å². The summed E-state index contributed by atoms with van der Waals surface area (Å²) in [5.74, 6) is -0.691. The quantitative estimate of drug-likeness (QED) is 0.629. The molecule has 4 rings (SSSR count). The fourth-order valence-electron chi connectivity index (χ4n) is 3.58. The van der Waals surface area contributed by atoms with Crippen LogP contribution in [0.5, 0.6) is 0 Å². The number of hydrogen-bond acceptors (Lipinski definition) is 3. The van der Waals surface area contributed by atoms with Crippen LogP contribution in [0, 0.1) is 0 Å². The summed E-state index contributed by atoms with van der Waals surface area (Å²) in [6.07, 6.45) is 0. The van der Waals surface area contributed by atoms with Crippen LogP contribution in [-0.2, 0) is 14.8 Å². The van der Waals surface area contributed by atoms with Gasteiger partial charge in [0, 0.05) is 28.4 Å². The van der Waals surface area contributed by atoms with Gasteiger partial charge in [0.2, 0.25) is 0 Å². The standard InChI is InChI=1S/C23H19ClN2O3S/c1-2-26-20-11-7-6-10-19(20)21(16-8-4-3-5-9-16)22(30(26,28)29)23(27)25-18-14-12-17(24)13-15-18/h3-15H,2H2,1H3,(H,25,27). The maximum atomic E-state index is 13.6. The summed E-state index contributed by atoms with van der Waals surface area (Å²) in [7, 11) is -4.08. The van der Waals surface area contributed by atoms with Crippen molar-refractivity contribution in [2.24, 2.45) is 0 Å². The Kier molecular flexibility index (Phi) is 5.37. The van der Waals surface area contributed by atoms with E-state index in [0.29, 0.717) is 33.1 Å². The summed E-state index contributed by atoms with van der Waals surface area (Å²) < 4.78 is 28.4. The number of rotatable bonds is 4. The van der Waals surface area contributed by atoms with E-state index in [1.807, 2.05) is 30.3 Å². The van der Waals surface area contributed by atoms with Crippen molar-refractivity contribution in [2.75, 3.05) is 16.2 Å². The fourth-order valence-corrected chi connectivity index (χ4v) is 5.45. The molecule has 0 bridgehead atoms. The Bertz CT molecular complexity index is 1240. The summed E-state index contributed by atoms with van der Waals surface area (Å²) in [5.41, 5.74) is 2.76. The van der Waals surface area contributed by atoms with E-state index < -0.39 is 15.9 Å². The maximum Gasteiger partial charge on any atom is 0.270 e. The molecule has 0 unspecified atom stereocenters. The lowest BCUT2D eigenvalue weighted by Crippen LogP contribution is -2.39. The molecular formula is C23H19ClN2O3S. The van der Waals surface area contributed by atoms with Crippen LogP contribution in [0.4, 0.5) is 11.4 Å². The third kappa shape index (κ3) is 3.49. The molecule has 0 fully saturated rings. The Morgan fingerprint density at radius 1 is 0.933 bits per heavy atom. The van der Waals surface area contributed by atoms with Crippen molar-refractivity contribution in [3.8, 4) is 0 Å². The van der Waals surface area contributed by atoms with Gasteiger partial charge >= 0.3 is 0 Å². The summed E-state index contributed by atoms with van der Waals surface area (Å²) in [5, 5.41) is 3.23. The molecule has 0 radical (unpaired) electrons. The van der Waals surface area contributed by atoms with Gasteiger partial charge in [-0.3, -0.25) is 9.10 Å². The van der Waals surface area contributed by atoms with Crippen LogP contribution in [0.3, 0.4) is 0 Å². The Morgan fingerprint density at radius 3 is 2.23 bits per heavy atom. The number of nitrogens with zero attached hydrogens (tertiary/aromatic N) is 1. The number of anilines is 2. The Hall–Kier alpha value is -3.09. The first-order chi connectivity index (χ1) is 14.4. The lowest BCUT2D eigenvalue weighted by Gasteiger charge is -2.32. The molecule has 1 heterocycles. The Balaban J connectivity index is 1.97. The third-order valence-corrected chi connectivity index (χ3v) is 7.07. The summed E-state index contributed by atoms with van der Waals surface area (Å²) in [6, 6.07) is 22.8. The van der Waals surface area contributed by atoms with Gasteiger partial charge in [0.05, 0.1) is 5.69 Å². The van der Waals surface area contributed by atoms with E-state index in [1.165, 1.54) is 4.31 Å². The molecule has 0 atom stereocenters. The largest absolute Gasteiger partial charge is 0.321 e. The van der Waals surface area contributed by atoms with Crippen molar-refractivity contribution in [2.45, 2.75) is 6.92 Å². The van der Waals surface area contributed by atoms with E-state index in [-0.39, 0.29) is 11.4 Å². The molecule has 30 heavy (non-hydrogen) atoms. The molecule has 0 saturated heterocycles. The summed E-state index contributed by atoms with van der Waals surface area (Å²) in [6.45, 7) is 1.95. The minimum Gasteiger partial charge on any atom is -0.321 e. The van der Waals surface area contributed by atoms with Crippen molar-refractivity contribution in [3.63, 3.8) is 0 Å². The first-order valence-corrected chi connectivity index (χ1v) is 11.2. The minimum atomic E-state index is -4.08. The SMILES string of the molecule is CCN1c2ccccc2C(c2ccccc2)=C(C(=O)Nc2ccc(Cl)cc2)S1(=O)=O. The van der Waals surface area contributed by atoms with Crippen molar-refractivity contribution in [1.29, 1.82) is 0 Å². The van der Waals surface area contributed by atoms with Crippen molar-refractivity contribution in [3.05, 3.63) is 99.9 Å². The first kappa shape index (κ1) is 20.2. The van der Waals surface area contributed by atoms with Gasteiger partial charge in [-0.2, -0.15) is 0 Å². The van der Waals surface area contributed by atoms with Crippen LogP contribution in [0.2, 0.25) is 5.02 Å². The second-order valence-corrected chi connectivity index (χ2v) is 8.95. The molecule has 0 aliphatic carbocycles. The number of carbonyl (C=O) groups excluding carboxylic acids is 1. The number of fused-ring (bicyclic) bond motifs is 1. The zero-order valence-corrected chi connectivity index (χ0v) is 17.7. The van der Waals surface area contributed by atoms with Crippen LogP contribution >= 0.6 is 11.6 Å². The van der Waals surface area contributed by atoms with Gasteiger partial charge < -0.3 is 5.32 Å². The van der Waals surface area contributed by atoms with Gasteiger partial charge in [0.1, 0.15) is 0 Å². The highest BCUT2D eigenvalue weighted by Crippen LogP contribution is 2.42. The average molecular weight is 439 g/mol. The molecule has 0 spiro atoms. The number of amides is 1. The number of hydrogen-bond donors (Lipinski definition) is 1. The average Bonchev–Trinajstić information content (AvgIpc) is 2.74. The van der Waals surface area contributed by atoms with E-state index in [9.17, 15) is 13.2 Å². The molecule has 0 aromatic heterocycles. The van der Waals surface area contributed by atoms with Gasteiger partial charge in [-0.25, -0.2) is 8.42 Å². The Labute approximate surface area is 180 Å². The lowest BCUT2D eigenvalue weighted by atomic mass is 9.95. The number of benzene rings is 3. The third-order valence-electron chi connectivity index (χ3n) is 4.88. The molecule has 3 aromatic rings. The molecule has 1 aliphatic rings. The van der Waals surface area contributed by atoms with E-state index in [0.717, 1.165) is 0 Å². The van der Waals surface area contributed by atoms with Crippen LogP contribution in [0.1, 0.15) is 18.1 Å². The van der Waals surface area contributed by atoms with E-state index in [2.05, 4.69) is 5.32 Å². The highest BCUT2D eigenvalue weighted by Gasteiger charge is 2.40. The molecule has 1 aliphatic heterocycles. The maximum absolute atomic E-state index is 13.6. The highest BCUT2D eigenvalue weighted by atomic mass is 35.5. The molecule has 0 saturated carbocycles. The van der Waals surface area contributed by atoms with Gasteiger partial charge in [-0.1, -0.05) is 60.1 Å². The van der Waals surface area contributed by atoms with E-state index >= 15 is 0 Å². The van der Waals surface area contributed by atoms with Gasteiger partial charge in [-0.05, 0) is 42.8 Å². The van der Waals surface area contributed by atoms with Gasteiger partial charge in [0.15, 0.2) is 4.91 Å². The normalized spacial score (nSPS) is 14.9. The van der Waals surface area contributed by atoms with Gasteiger partial charge in [-0.15, -0.1) is 0 Å². The predicted molar refractivity (Wildman–Crippen MR) is 121 cm³/mol. The van der Waals surface area contributed by atoms with E-state index in [4.69, 9.17) is 11.6 Å². The van der Waals surface area contributed by atoms with E-state index in [1.54, 1.807) is 55.5 Å². The Morgan fingerprint density at radius 2 is 1.57 bits per heavy atom. The molecular weight excluding hydrogens is 420 g/mol. The topological polar surface area (TPSA) is 66.5 Å². The van der Waals surface area contributed by atoms with Crippen LogP contribution < -0.4 is 9.62 Å². The molecule has 5 nitrogen and oxygen atoms in total. The van der Waals surface area contributed by atoms with Crippen molar-refractivity contribution < 1.29 is 13.2 Å². The van der Waals surface area contributed by atoms with Crippen LogP contribution in [0.15, 0.2) is 83.8 Å². The predicted octanol–water partition coefficient (Wildman–Crippen LogP) is 4.91. The molecule has 152 valence electrons. The smallest absolute Gasteiger partial charge is 0.270 e. The lowest BCUT2D eigenvalue weighted by molar-refractivity contribution is -0.112. The summed E-state index contributed by atoms with van der Waals surface area (Å²) in [4.78, 5) is 13.0. The monoisotopic (exact) mass is 438 g/mol. The summed E-state index contributed by atoms with van der Waals surface area (Å²) >= 11 is 5.91. The van der Waals surface area contributed by atoms with Crippen LogP contribution in [-0.4, -0.2) is 20.9 Å². The second kappa shape index (κ2) is 7.97. The molecule has 7 heteroatoms. The van der Waals surface area contributed by atoms with Crippen LogP contribution in [0.25, 0.3) is 5.57 Å². The number of para-hydroxylation sites is 1. The van der Waals surface area contributed by atoms with Crippen molar-refractivity contribution in [1.82, 2.24) is 0 Å². The number of carbonyl (C=O) groups is 1. The zero-order valence-electron chi connectivity index (χ0n) is 16.2. The van der Waals surface area contributed by atoms with Gasteiger partial charge in [0.25, 0.3) is 15.9 Å². The second-order valence-electron chi connectivity index (χ2n) is 6.72. The molecule has 3 aromatic carbocycles. The highest BCUT2D eigenvalue weighted by molar-refractivity contribution is 7.97. The minimum absolute atomic E-state index is 0.207. The molecule has 1 amide bonds. The first-order valence-electron chi connectivity index (χ1n) is 9.42.